The molecule has 2 aromatic carbocycles. The number of anilines is 1. The molecule has 110 valence electrons. The number of halogens is 2. The Labute approximate surface area is 130 Å². The number of nitrogens with two attached hydrogens (primary N) is 1. The summed E-state index contributed by atoms with van der Waals surface area (Å²) in [5.74, 6) is 0.301. The van der Waals surface area contributed by atoms with Gasteiger partial charge in [0.2, 0.25) is 5.95 Å². The van der Waals surface area contributed by atoms with Crippen LogP contribution in [0.1, 0.15) is 11.7 Å². The Balaban J connectivity index is 1.98. The zero-order valence-corrected chi connectivity index (χ0v) is 12.0. The van der Waals surface area contributed by atoms with Crippen LogP contribution in [0.15, 0.2) is 47.5 Å². The number of aliphatic imine (C=N–C) groups is 1. The summed E-state index contributed by atoms with van der Waals surface area (Å²) in [4.78, 5) is 8.80. The molecular weight excluding hydrogens is 305 g/mol. The minimum Gasteiger partial charge on any atom is -0.370 e. The second-order valence-electron chi connectivity index (χ2n) is 4.97. The molecule has 0 bridgehead atoms. The highest BCUT2D eigenvalue weighted by molar-refractivity contribution is 6.30. The minimum absolute atomic E-state index is 0.196. The molecule has 0 radical (unpaired) electrons. The number of guanidine groups is 1. The summed E-state index contributed by atoms with van der Waals surface area (Å²) >= 11 is 5.83. The Kier molecular flexibility index (Phi) is 2.80. The molecule has 1 aliphatic rings. The van der Waals surface area contributed by atoms with Gasteiger partial charge in [0, 0.05) is 10.6 Å². The van der Waals surface area contributed by atoms with Gasteiger partial charge in [0.25, 0.3) is 0 Å². The smallest absolute Gasteiger partial charge is 0.212 e. The van der Waals surface area contributed by atoms with Crippen molar-refractivity contribution in [3.63, 3.8) is 0 Å². The molecule has 0 saturated heterocycles. The number of aromatic nitrogens is 2. The van der Waals surface area contributed by atoms with Crippen LogP contribution in [-0.4, -0.2) is 15.5 Å². The van der Waals surface area contributed by atoms with Crippen molar-refractivity contribution in [2.24, 2.45) is 10.7 Å². The van der Waals surface area contributed by atoms with Crippen molar-refractivity contribution in [2.45, 2.75) is 6.17 Å². The molecule has 0 spiro atoms. The van der Waals surface area contributed by atoms with Crippen molar-refractivity contribution >= 4 is 34.5 Å². The predicted octanol–water partition coefficient (Wildman–Crippen LogP) is 3.12. The molecule has 22 heavy (non-hydrogen) atoms. The average molecular weight is 316 g/mol. The Hall–Kier alpha value is -2.60. The van der Waals surface area contributed by atoms with Gasteiger partial charge in [-0.2, -0.15) is 0 Å². The van der Waals surface area contributed by atoms with Gasteiger partial charge in [-0.25, -0.2) is 14.4 Å². The number of para-hydroxylation sites is 2. The largest absolute Gasteiger partial charge is 0.370 e. The second-order valence-corrected chi connectivity index (χ2v) is 5.41. The molecule has 0 fully saturated rings. The predicted molar refractivity (Wildman–Crippen MR) is 84.5 cm³/mol. The van der Waals surface area contributed by atoms with E-state index in [-0.39, 0.29) is 5.96 Å². The maximum Gasteiger partial charge on any atom is 0.212 e. The summed E-state index contributed by atoms with van der Waals surface area (Å²) in [5, 5.41) is 3.25. The summed E-state index contributed by atoms with van der Waals surface area (Å²) in [6, 6.07) is 12.1. The number of rotatable bonds is 1. The molecule has 5 nitrogen and oxygen atoms in total. The van der Waals surface area contributed by atoms with E-state index in [0.717, 1.165) is 11.0 Å². The Morgan fingerprint density at radius 3 is 2.86 bits per heavy atom. The van der Waals surface area contributed by atoms with E-state index >= 15 is 0 Å². The maximum absolute atomic E-state index is 14.3. The van der Waals surface area contributed by atoms with Gasteiger partial charge in [-0.15, -0.1) is 0 Å². The van der Waals surface area contributed by atoms with Crippen LogP contribution < -0.4 is 11.1 Å². The molecule has 0 amide bonds. The highest BCUT2D eigenvalue weighted by Gasteiger charge is 2.26. The van der Waals surface area contributed by atoms with Gasteiger partial charge in [0.05, 0.1) is 11.0 Å². The molecule has 1 aromatic heterocycles. The number of fused-ring (bicyclic) bond motifs is 3. The van der Waals surface area contributed by atoms with E-state index < -0.39 is 12.0 Å². The standard InChI is InChI=1S/C15H11ClFN5/c16-8-5-6-9(10(17)7-8)13-20-14(18)21-15-19-11-3-1-2-4-12(11)22(13)15/h1-7,13H,(H3,18,19,20,21). The van der Waals surface area contributed by atoms with Gasteiger partial charge >= 0.3 is 0 Å². The zero-order chi connectivity index (χ0) is 15.3. The fraction of sp³-hybridized carbons (Fsp3) is 0.0667. The topological polar surface area (TPSA) is 68.2 Å². The van der Waals surface area contributed by atoms with Crippen molar-refractivity contribution in [1.29, 1.82) is 0 Å². The van der Waals surface area contributed by atoms with Crippen molar-refractivity contribution in [2.75, 3.05) is 5.32 Å². The Morgan fingerprint density at radius 1 is 1.23 bits per heavy atom. The number of nitrogens with one attached hydrogen (secondary N) is 1. The summed E-state index contributed by atoms with van der Waals surface area (Å²) < 4.78 is 16.1. The summed E-state index contributed by atoms with van der Waals surface area (Å²) in [6.07, 6.45) is -0.624. The van der Waals surface area contributed by atoms with Crippen LogP contribution in [0.3, 0.4) is 0 Å². The monoisotopic (exact) mass is 315 g/mol. The third-order valence-corrected chi connectivity index (χ3v) is 3.82. The van der Waals surface area contributed by atoms with Gasteiger partial charge in [-0.1, -0.05) is 29.8 Å². The van der Waals surface area contributed by atoms with Crippen LogP contribution in [0.2, 0.25) is 5.02 Å². The minimum atomic E-state index is -0.624. The van der Waals surface area contributed by atoms with Crippen LogP contribution >= 0.6 is 11.6 Å². The lowest BCUT2D eigenvalue weighted by Crippen LogP contribution is -2.31. The highest BCUT2D eigenvalue weighted by atomic mass is 35.5. The van der Waals surface area contributed by atoms with Gasteiger partial charge < -0.3 is 5.73 Å². The van der Waals surface area contributed by atoms with Crippen molar-refractivity contribution in [1.82, 2.24) is 9.55 Å². The highest BCUT2D eigenvalue weighted by Crippen LogP contribution is 2.33. The Bertz CT molecular complexity index is 917. The molecule has 7 heteroatoms. The number of benzene rings is 2. The van der Waals surface area contributed by atoms with Crippen LogP contribution in [0.5, 0.6) is 0 Å². The van der Waals surface area contributed by atoms with Crippen LogP contribution in [0.4, 0.5) is 10.3 Å². The number of hydrogen-bond donors (Lipinski definition) is 2. The second kappa shape index (κ2) is 4.71. The molecular formula is C15H11ClFN5. The number of nitrogens with zero attached hydrogens (tertiary/aromatic N) is 3. The van der Waals surface area contributed by atoms with Crippen molar-refractivity contribution < 1.29 is 4.39 Å². The van der Waals surface area contributed by atoms with Gasteiger partial charge in [0.1, 0.15) is 5.82 Å². The summed E-state index contributed by atoms with van der Waals surface area (Å²) in [5.41, 5.74) is 7.84. The fourth-order valence-electron chi connectivity index (χ4n) is 2.64. The first-order valence-electron chi connectivity index (χ1n) is 6.66. The SMILES string of the molecule is NC1=NC(c2ccc(Cl)cc2F)n2c(nc3ccccc32)N1. The van der Waals surface area contributed by atoms with Crippen LogP contribution in [0.25, 0.3) is 11.0 Å². The third-order valence-electron chi connectivity index (χ3n) is 3.58. The van der Waals surface area contributed by atoms with E-state index in [9.17, 15) is 4.39 Å². The molecule has 1 atom stereocenters. The molecule has 4 rings (SSSR count). The number of imidazole rings is 1. The molecule has 0 saturated carbocycles. The first-order valence-corrected chi connectivity index (χ1v) is 7.03. The van der Waals surface area contributed by atoms with Crippen molar-refractivity contribution in [3.8, 4) is 0 Å². The van der Waals surface area contributed by atoms with E-state index in [1.807, 2.05) is 28.8 Å². The third kappa shape index (κ3) is 1.92. The van der Waals surface area contributed by atoms with E-state index in [1.54, 1.807) is 12.1 Å². The lowest BCUT2D eigenvalue weighted by atomic mass is 10.1. The van der Waals surface area contributed by atoms with Crippen LogP contribution in [0, 0.1) is 5.82 Å². The quantitative estimate of drug-likeness (QED) is 0.725. The maximum atomic E-state index is 14.3. The van der Waals surface area contributed by atoms with Gasteiger partial charge in [-0.3, -0.25) is 9.88 Å². The van der Waals surface area contributed by atoms with Crippen LogP contribution in [-0.2, 0) is 0 Å². The summed E-state index contributed by atoms with van der Waals surface area (Å²) in [6.45, 7) is 0. The normalized spacial score (nSPS) is 17.0. The lowest BCUT2D eigenvalue weighted by Gasteiger charge is -2.24. The van der Waals surface area contributed by atoms with E-state index in [4.69, 9.17) is 17.3 Å². The Morgan fingerprint density at radius 2 is 2.05 bits per heavy atom. The molecule has 0 aliphatic carbocycles. The molecule has 3 N–H and O–H groups in total. The average Bonchev–Trinajstić information content (AvgIpc) is 2.84. The molecule has 1 aliphatic heterocycles. The van der Waals surface area contributed by atoms with E-state index in [2.05, 4.69) is 15.3 Å². The fourth-order valence-corrected chi connectivity index (χ4v) is 2.79. The molecule has 2 heterocycles. The first-order chi connectivity index (χ1) is 10.6. The van der Waals surface area contributed by atoms with E-state index in [1.165, 1.54) is 6.07 Å². The summed E-state index contributed by atoms with van der Waals surface area (Å²) in [7, 11) is 0. The zero-order valence-electron chi connectivity index (χ0n) is 11.3. The van der Waals surface area contributed by atoms with Crippen molar-refractivity contribution in [3.05, 3.63) is 58.9 Å². The lowest BCUT2D eigenvalue weighted by molar-refractivity contribution is 0.551. The number of hydrogen-bond acceptors (Lipinski definition) is 4. The molecule has 3 aromatic rings. The first kappa shape index (κ1) is 13.1. The van der Waals surface area contributed by atoms with E-state index in [0.29, 0.717) is 16.5 Å². The van der Waals surface area contributed by atoms with Gasteiger partial charge in [0.15, 0.2) is 12.1 Å². The molecule has 1 unspecified atom stereocenters. The van der Waals surface area contributed by atoms with Gasteiger partial charge in [-0.05, 0) is 24.3 Å².